The molecule has 0 aromatic heterocycles. The Labute approximate surface area is 126 Å². The molecule has 5 heteroatoms. The van der Waals surface area contributed by atoms with Gasteiger partial charge in [0, 0.05) is 26.7 Å². The molecule has 1 N–H and O–H groups in total. The van der Waals surface area contributed by atoms with E-state index in [-0.39, 0.29) is 11.7 Å². The van der Waals surface area contributed by atoms with Gasteiger partial charge in [0.1, 0.15) is 5.82 Å². The van der Waals surface area contributed by atoms with E-state index in [1.807, 2.05) is 17.9 Å². The molecule has 1 rings (SSSR count). The minimum absolute atomic E-state index is 0.0735. The summed E-state index contributed by atoms with van der Waals surface area (Å²) in [5.41, 5.74) is 0.913. The summed E-state index contributed by atoms with van der Waals surface area (Å²) < 4.78 is 18.1. The highest BCUT2D eigenvalue weighted by atomic mass is 19.1. The molecule has 0 saturated carbocycles. The maximum atomic E-state index is 13.1. The fourth-order valence-corrected chi connectivity index (χ4v) is 2.07. The quantitative estimate of drug-likeness (QED) is 0.670. The molecule has 1 amide bonds. The molecule has 0 fully saturated rings. The summed E-state index contributed by atoms with van der Waals surface area (Å²) in [6.07, 6.45) is 1.58. The van der Waals surface area contributed by atoms with E-state index in [0.717, 1.165) is 18.5 Å². The maximum Gasteiger partial charge on any atom is 0.236 e. The summed E-state index contributed by atoms with van der Waals surface area (Å²) in [6, 6.07) is 6.53. The summed E-state index contributed by atoms with van der Waals surface area (Å²) in [4.78, 5) is 14.0. The van der Waals surface area contributed by atoms with Gasteiger partial charge in [-0.25, -0.2) is 4.39 Å². The van der Waals surface area contributed by atoms with Crippen molar-refractivity contribution in [2.75, 3.05) is 39.9 Å². The van der Waals surface area contributed by atoms with Crippen LogP contribution in [-0.2, 0) is 16.0 Å². The van der Waals surface area contributed by atoms with Crippen LogP contribution in [0, 0.1) is 5.82 Å². The molecule has 0 bridgehead atoms. The average Bonchev–Trinajstić information content (AvgIpc) is 2.48. The van der Waals surface area contributed by atoms with E-state index in [1.165, 1.54) is 12.1 Å². The van der Waals surface area contributed by atoms with Gasteiger partial charge in [-0.05, 0) is 30.5 Å². The molecule has 0 aliphatic heterocycles. The first-order valence-corrected chi connectivity index (χ1v) is 7.39. The van der Waals surface area contributed by atoms with Crippen molar-refractivity contribution in [1.82, 2.24) is 10.2 Å². The number of nitrogens with one attached hydrogen (secondary N) is 1. The zero-order valence-corrected chi connectivity index (χ0v) is 12.9. The molecular formula is C16H25FN2O2. The predicted octanol–water partition coefficient (Wildman–Crippen LogP) is 1.84. The highest BCUT2D eigenvalue weighted by molar-refractivity contribution is 5.78. The van der Waals surface area contributed by atoms with E-state index in [2.05, 4.69) is 5.32 Å². The lowest BCUT2D eigenvalue weighted by atomic mass is 10.1. The van der Waals surface area contributed by atoms with Crippen LogP contribution in [0.5, 0.6) is 0 Å². The highest BCUT2D eigenvalue weighted by Crippen LogP contribution is 2.06. The molecular weight excluding hydrogens is 271 g/mol. The summed E-state index contributed by atoms with van der Waals surface area (Å²) in [5.74, 6) is -0.161. The van der Waals surface area contributed by atoms with Gasteiger partial charge in [0.25, 0.3) is 0 Å². The average molecular weight is 296 g/mol. The third-order valence-electron chi connectivity index (χ3n) is 3.16. The zero-order chi connectivity index (χ0) is 15.5. The number of carbonyl (C=O) groups excluding carboxylic acids is 1. The first kappa shape index (κ1) is 17.6. The molecule has 0 aliphatic carbocycles. The molecule has 21 heavy (non-hydrogen) atoms. The minimum atomic E-state index is -0.234. The second-order valence-electron chi connectivity index (χ2n) is 4.93. The van der Waals surface area contributed by atoms with Gasteiger partial charge in [-0.15, -0.1) is 0 Å². The fraction of sp³-hybridized carbons (Fsp3) is 0.562. The number of benzene rings is 1. The molecule has 0 spiro atoms. The van der Waals surface area contributed by atoms with Crippen molar-refractivity contribution < 1.29 is 13.9 Å². The van der Waals surface area contributed by atoms with Crippen LogP contribution >= 0.6 is 0 Å². The van der Waals surface area contributed by atoms with Gasteiger partial charge >= 0.3 is 0 Å². The lowest BCUT2D eigenvalue weighted by Gasteiger charge is -2.22. The van der Waals surface area contributed by atoms with Crippen LogP contribution < -0.4 is 5.32 Å². The van der Waals surface area contributed by atoms with Crippen LogP contribution in [0.15, 0.2) is 24.3 Å². The zero-order valence-electron chi connectivity index (χ0n) is 12.9. The fourth-order valence-electron chi connectivity index (χ4n) is 2.07. The van der Waals surface area contributed by atoms with E-state index in [0.29, 0.717) is 32.7 Å². The van der Waals surface area contributed by atoms with E-state index in [1.54, 1.807) is 13.2 Å². The van der Waals surface area contributed by atoms with E-state index in [4.69, 9.17) is 4.74 Å². The lowest BCUT2D eigenvalue weighted by molar-refractivity contribution is -0.130. The van der Waals surface area contributed by atoms with Crippen molar-refractivity contribution in [3.63, 3.8) is 0 Å². The topological polar surface area (TPSA) is 41.6 Å². The molecule has 0 atom stereocenters. The SMILES string of the molecule is CCCN(CCc1cccc(F)c1)C(=O)CNCCOC. The molecule has 4 nitrogen and oxygen atoms in total. The number of hydrogen-bond acceptors (Lipinski definition) is 3. The number of hydrogen-bond donors (Lipinski definition) is 1. The van der Waals surface area contributed by atoms with Crippen LogP contribution in [0.4, 0.5) is 4.39 Å². The summed E-state index contributed by atoms with van der Waals surface area (Å²) in [6.45, 7) is 4.94. The largest absolute Gasteiger partial charge is 0.383 e. The second-order valence-corrected chi connectivity index (χ2v) is 4.93. The Balaban J connectivity index is 2.43. The van der Waals surface area contributed by atoms with Crippen molar-refractivity contribution >= 4 is 5.91 Å². The highest BCUT2D eigenvalue weighted by Gasteiger charge is 2.12. The predicted molar refractivity (Wildman–Crippen MR) is 81.7 cm³/mol. The summed E-state index contributed by atoms with van der Waals surface area (Å²) in [5, 5.41) is 3.06. The van der Waals surface area contributed by atoms with Gasteiger partial charge in [-0.2, -0.15) is 0 Å². The van der Waals surface area contributed by atoms with Gasteiger partial charge in [-0.3, -0.25) is 4.79 Å². The van der Waals surface area contributed by atoms with Crippen LogP contribution in [-0.4, -0.2) is 50.7 Å². The van der Waals surface area contributed by atoms with Gasteiger partial charge < -0.3 is 15.0 Å². The standard InChI is InChI=1S/C16H25FN2O2/c1-3-9-19(16(20)13-18-8-11-21-2)10-7-14-5-4-6-15(17)12-14/h4-6,12,18H,3,7-11,13H2,1-2H3. The Hall–Kier alpha value is -1.46. The van der Waals surface area contributed by atoms with Gasteiger partial charge in [0.15, 0.2) is 0 Å². The Morgan fingerprint density at radius 2 is 2.19 bits per heavy atom. The lowest BCUT2D eigenvalue weighted by Crippen LogP contribution is -2.40. The maximum absolute atomic E-state index is 13.1. The monoisotopic (exact) mass is 296 g/mol. The number of methoxy groups -OCH3 is 1. The number of ether oxygens (including phenoxy) is 1. The number of rotatable bonds is 10. The van der Waals surface area contributed by atoms with E-state index >= 15 is 0 Å². The third kappa shape index (κ3) is 7.20. The molecule has 118 valence electrons. The molecule has 0 unspecified atom stereocenters. The van der Waals surface area contributed by atoms with E-state index in [9.17, 15) is 9.18 Å². The first-order valence-electron chi connectivity index (χ1n) is 7.39. The summed E-state index contributed by atoms with van der Waals surface area (Å²) >= 11 is 0. The van der Waals surface area contributed by atoms with Crippen LogP contribution in [0.1, 0.15) is 18.9 Å². The number of nitrogens with zero attached hydrogens (tertiary/aromatic N) is 1. The van der Waals surface area contributed by atoms with E-state index < -0.39 is 0 Å². The molecule has 0 saturated heterocycles. The smallest absolute Gasteiger partial charge is 0.236 e. The Kier molecular flexibility index (Phi) is 8.62. The van der Waals surface area contributed by atoms with Crippen LogP contribution in [0.2, 0.25) is 0 Å². The number of carbonyl (C=O) groups is 1. The van der Waals surface area contributed by atoms with Gasteiger partial charge in [0.05, 0.1) is 13.2 Å². The third-order valence-corrected chi connectivity index (χ3v) is 3.16. The van der Waals surface area contributed by atoms with Crippen molar-refractivity contribution in [3.8, 4) is 0 Å². The molecule has 1 aromatic carbocycles. The molecule has 0 heterocycles. The Bertz CT molecular complexity index is 426. The van der Waals surface area contributed by atoms with Crippen molar-refractivity contribution in [1.29, 1.82) is 0 Å². The number of halogens is 1. The summed E-state index contributed by atoms with van der Waals surface area (Å²) in [7, 11) is 1.63. The second kappa shape index (κ2) is 10.3. The molecule has 0 aliphatic rings. The van der Waals surface area contributed by atoms with Crippen LogP contribution in [0.3, 0.4) is 0 Å². The van der Waals surface area contributed by atoms with Gasteiger partial charge in [-0.1, -0.05) is 19.1 Å². The number of amides is 1. The molecule has 1 aromatic rings. The first-order chi connectivity index (χ1) is 10.2. The normalized spacial score (nSPS) is 10.6. The van der Waals surface area contributed by atoms with Gasteiger partial charge in [0.2, 0.25) is 5.91 Å². The Morgan fingerprint density at radius 1 is 1.38 bits per heavy atom. The van der Waals surface area contributed by atoms with Crippen molar-refractivity contribution in [2.24, 2.45) is 0 Å². The minimum Gasteiger partial charge on any atom is -0.383 e. The van der Waals surface area contributed by atoms with Crippen molar-refractivity contribution in [2.45, 2.75) is 19.8 Å². The molecule has 0 radical (unpaired) electrons. The Morgan fingerprint density at radius 3 is 2.86 bits per heavy atom. The van der Waals surface area contributed by atoms with Crippen LogP contribution in [0.25, 0.3) is 0 Å². The van der Waals surface area contributed by atoms with Crippen molar-refractivity contribution in [3.05, 3.63) is 35.6 Å².